The summed E-state index contributed by atoms with van der Waals surface area (Å²) in [5, 5.41) is 2.92. The van der Waals surface area contributed by atoms with Gasteiger partial charge in [-0.05, 0) is 41.8 Å². The molecule has 3 aromatic carbocycles. The summed E-state index contributed by atoms with van der Waals surface area (Å²) in [6.45, 7) is 3.88. The lowest BCUT2D eigenvalue weighted by molar-refractivity contribution is -0.114. The molecule has 0 saturated carbocycles. The standard InChI is InChI=1S/C26H25N5OS/c1-19(32)29-21-11-12-26-25(15-21)30(17-22-16-27-18-28-22)13-14-31(33-26)24-10-6-5-9-23(24)20-7-3-2-4-8-20/h2-12,15-16,18H,13-14,17H2,1H3,(H,27,28)(H,29,32). The second-order valence-electron chi connectivity index (χ2n) is 7.92. The average Bonchev–Trinajstić information content (AvgIpc) is 3.28. The minimum Gasteiger partial charge on any atom is -0.363 e. The number of fused-ring (bicyclic) bond motifs is 1. The van der Waals surface area contributed by atoms with Crippen molar-refractivity contribution < 1.29 is 4.79 Å². The number of nitrogens with zero attached hydrogens (tertiary/aromatic N) is 3. The van der Waals surface area contributed by atoms with Crippen LogP contribution < -0.4 is 14.5 Å². The summed E-state index contributed by atoms with van der Waals surface area (Å²) < 4.78 is 2.36. The second kappa shape index (κ2) is 9.42. The molecular formula is C26H25N5OS. The highest BCUT2D eigenvalue weighted by atomic mass is 32.2. The molecule has 4 aromatic rings. The lowest BCUT2D eigenvalue weighted by Gasteiger charge is -2.25. The van der Waals surface area contributed by atoms with E-state index < -0.39 is 0 Å². The molecule has 0 fully saturated rings. The topological polar surface area (TPSA) is 64.3 Å². The fourth-order valence-corrected chi connectivity index (χ4v) is 5.16. The number of rotatable bonds is 5. The molecule has 0 spiro atoms. The first-order chi connectivity index (χ1) is 16.2. The van der Waals surface area contributed by atoms with Crippen LogP contribution in [0.1, 0.15) is 12.6 Å². The molecule has 1 aliphatic rings. The molecule has 2 N–H and O–H groups in total. The highest BCUT2D eigenvalue weighted by molar-refractivity contribution is 8.00. The zero-order valence-corrected chi connectivity index (χ0v) is 19.2. The van der Waals surface area contributed by atoms with Gasteiger partial charge in [-0.25, -0.2) is 4.98 Å². The molecule has 166 valence electrons. The van der Waals surface area contributed by atoms with Crippen molar-refractivity contribution in [1.29, 1.82) is 0 Å². The molecule has 0 bridgehead atoms. The van der Waals surface area contributed by atoms with Crippen LogP contribution in [-0.2, 0) is 11.3 Å². The van der Waals surface area contributed by atoms with Gasteiger partial charge in [0.1, 0.15) is 0 Å². The van der Waals surface area contributed by atoms with Gasteiger partial charge in [-0.1, -0.05) is 48.5 Å². The highest BCUT2D eigenvalue weighted by Crippen LogP contribution is 2.42. The first-order valence-corrected chi connectivity index (χ1v) is 11.7. The number of anilines is 3. The SMILES string of the molecule is CC(=O)Nc1ccc2c(c1)N(Cc1c[nH]cn1)CCN(c1ccccc1-c1ccccc1)S2. The molecule has 2 heterocycles. The van der Waals surface area contributed by atoms with Crippen LogP contribution in [0.25, 0.3) is 11.1 Å². The van der Waals surface area contributed by atoms with Crippen LogP contribution in [0.15, 0.2) is 90.2 Å². The van der Waals surface area contributed by atoms with Crippen LogP contribution >= 0.6 is 11.9 Å². The van der Waals surface area contributed by atoms with Gasteiger partial charge in [0, 0.05) is 37.5 Å². The Balaban J connectivity index is 1.52. The molecule has 6 nitrogen and oxygen atoms in total. The Kier molecular flexibility index (Phi) is 6.04. The van der Waals surface area contributed by atoms with E-state index >= 15 is 0 Å². The minimum absolute atomic E-state index is 0.0755. The number of aromatic amines is 1. The van der Waals surface area contributed by atoms with Crippen molar-refractivity contribution in [2.45, 2.75) is 18.4 Å². The zero-order valence-electron chi connectivity index (χ0n) is 18.4. The Morgan fingerprint density at radius 2 is 1.85 bits per heavy atom. The average molecular weight is 456 g/mol. The Morgan fingerprint density at radius 3 is 2.64 bits per heavy atom. The molecule has 33 heavy (non-hydrogen) atoms. The predicted octanol–water partition coefficient (Wildman–Crippen LogP) is 5.57. The number of carbonyl (C=O) groups excluding carboxylic acids is 1. The van der Waals surface area contributed by atoms with Crippen LogP contribution in [0.4, 0.5) is 17.1 Å². The number of hydrogen-bond donors (Lipinski definition) is 2. The summed E-state index contributed by atoms with van der Waals surface area (Å²) in [5.74, 6) is -0.0755. The number of para-hydroxylation sites is 1. The third-order valence-electron chi connectivity index (χ3n) is 5.57. The molecule has 0 saturated heterocycles. The first-order valence-electron chi connectivity index (χ1n) is 10.9. The van der Waals surface area contributed by atoms with E-state index in [4.69, 9.17) is 0 Å². The van der Waals surface area contributed by atoms with Gasteiger partial charge in [0.05, 0.1) is 34.8 Å². The second-order valence-corrected chi connectivity index (χ2v) is 8.99. The van der Waals surface area contributed by atoms with Gasteiger partial charge in [-0.3, -0.25) is 4.79 Å². The smallest absolute Gasteiger partial charge is 0.221 e. The summed E-state index contributed by atoms with van der Waals surface area (Å²) in [4.78, 5) is 22.6. The summed E-state index contributed by atoms with van der Waals surface area (Å²) >= 11 is 1.73. The van der Waals surface area contributed by atoms with E-state index in [1.807, 2.05) is 18.3 Å². The Labute approximate surface area is 197 Å². The number of amides is 1. The van der Waals surface area contributed by atoms with Crippen molar-refractivity contribution in [1.82, 2.24) is 9.97 Å². The quantitative estimate of drug-likeness (QED) is 0.385. The minimum atomic E-state index is -0.0755. The summed E-state index contributed by atoms with van der Waals surface area (Å²) in [5.41, 5.74) is 6.47. The van der Waals surface area contributed by atoms with E-state index in [0.29, 0.717) is 6.54 Å². The van der Waals surface area contributed by atoms with Crippen molar-refractivity contribution in [3.8, 4) is 11.1 Å². The molecule has 0 atom stereocenters. The van der Waals surface area contributed by atoms with E-state index in [9.17, 15) is 4.79 Å². The van der Waals surface area contributed by atoms with E-state index in [-0.39, 0.29) is 5.91 Å². The van der Waals surface area contributed by atoms with Gasteiger partial charge in [0.15, 0.2) is 0 Å². The number of nitrogens with one attached hydrogen (secondary N) is 2. The predicted molar refractivity (Wildman–Crippen MR) is 135 cm³/mol. The van der Waals surface area contributed by atoms with Crippen LogP contribution in [0.5, 0.6) is 0 Å². The van der Waals surface area contributed by atoms with Gasteiger partial charge in [-0.15, -0.1) is 0 Å². The van der Waals surface area contributed by atoms with Crippen molar-refractivity contribution in [3.63, 3.8) is 0 Å². The van der Waals surface area contributed by atoms with E-state index in [1.54, 1.807) is 18.3 Å². The maximum absolute atomic E-state index is 11.6. The number of H-pyrrole nitrogens is 1. The Bertz CT molecular complexity index is 1240. The molecule has 1 amide bonds. The van der Waals surface area contributed by atoms with Gasteiger partial charge in [0.2, 0.25) is 5.91 Å². The normalized spacial score (nSPS) is 13.4. The molecule has 0 radical (unpaired) electrons. The van der Waals surface area contributed by atoms with Gasteiger partial charge < -0.3 is 19.5 Å². The van der Waals surface area contributed by atoms with Crippen molar-refractivity contribution in [3.05, 3.63) is 91.0 Å². The zero-order chi connectivity index (χ0) is 22.6. The third-order valence-corrected chi connectivity index (χ3v) is 6.71. The molecule has 7 heteroatoms. The highest BCUT2D eigenvalue weighted by Gasteiger charge is 2.24. The maximum Gasteiger partial charge on any atom is 0.221 e. The van der Waals surface area contributed by atoms with Gasteiger partial charge in [-0.2, -0.15) is 0 Å². The van der Waals surface area contributed by atoms with Crippen LogP contribution in [0.2, 0.25) is 0 Å². The van der Waals surface area contributed by atoms with Gasteiger partial charge in [0.25, 0.3) is 0 Å². The first kappa shape index (κ1) is 21.2. The lowest BCUT2D eigenvalue weighted by Crippen LogP contribution is -2.30. The Morgan fingerprint density at radius 1 is 1.03 bits per heavy atom. The molecule has 0 unspecified atom stereocenters. The molecule has 1 aromatic heterocycles. The Hall–Kier alpha value is -3.71. The number of imidazole rings is 1. The van der Waals surface area contributed by atoms with Crippen LogP contribution in [0.3, 0.4) is 0 Å². The summed E-state index contributed by atoms with van der Waals surface area (Å²) in [7, 11) is 0. The number of carbonyl (C=O) groups is 1. The van der Waals surface area contributed by atoms with E-state index in [2.05, 4.69) is 85.2 Å². The number of aromatic nitrogens is 2. The van der Waals surface area contributed by atoms with Gasteiger partial charge >= 0.3 is 0 Å². The molecule has 5 rings (SSSR count). The van der Waals surface area contributed by atoms with Crippen LogP contribution in [0, 0.1) is 0 Å². The number of benzene rings is 3. The monoisotopic (exact) mass is 455 g/mol. The molecule has 0 aliphatic carbocycles. The summed E-state index contributed by atoms with van der Waals surface area (Å²) in [6, 6.07) is 25.2. The van der Waals surface area contributed by atoms with Crippen LogP contribution in [-0.4, -0.2) is 29.0 Å². The summed E-state index contributed by atoms with van der Waals surface area (Å²) in [6.07, 6.45) is 3.64. The lowest BCUT2D eigenvalue weighted by atomic mass is 10.0. The maximum atomic E-state index is 11.6. The number of hydrogen-bond acceptors (Lipinski definition) is 5. The largest absolute Gasteiger partial charge is 0.363 e. The fourth-order valence-electron chi connectivity index (χ4n) is 4.08. The van der Waals surface area contributed by atoms with Crippen molar-refractivity contribution in [2.24, 2.45) is 0 Å². The van der Waals surface area contributed by atoms with E-state index in [0.717, 1.165) is 35.1 Å². The van der Waals surface area contributed by atoms with E-state index in [1.165, 1.54) is 23.7 Å². The van der Waals surface area contributed by atoms with Crippen molar-refractivity contribution in [2.75, 3.05) is 27.6 Å². The molecule has 1 aliphatic heterocycles. The van der Waals surface area contributed by atoms with Crippen molar-refractivity contribution >= 4 is 34.9 Å². The fraction of sp³-hybridized carbons (Fsp3) is 0.154. The third kappa shape index (κ3) is 4.73. The molecular weight excluding hydrogens is 430 g/mol.